The average molecular weight is 239 g/mol. The molecule has 5 heteroatoms. The van der Waals surface area contributed by atoms with E-state index in [-0.39, 0.29) is 12.7 Å². The first-order valence-corrected chi connectivity index (χ1v) is 5.46. The maximum absolute atomic E-state index is 13.0. The summed E-state index contributed by atoms with van der Waals surface area (Å²) in [7, 11) is 0. The summed E-state index contributed by atoms with van der Waals surface area (Å²) >= 11 is 0. The van der Waals surface area contributed by atoms with Crippen molar-refractivity contribution in [1.29, 1.82) is 0 Å². The summed E-state index contributed by atoms with van der Waals surface area (Å²) in [6.07, 6.45) is 0.385. The SMILES string of the molecule is O=Cc1cc(F)ccc1N1CCOC(CO)C1. The van der Waals surface area contributed by atoms with Crippen molar-refractivity contribution in [3.8, 4) is 0 Å². The molecule has 0 aliphatic carbocycles. The van der Waals surface area contributed by atoms with Gasteiger partial charge in [0.25, 0.3) is 0 Å². The van der Waals surface area contributed by atoms with E-state index >= 15 is 0 Å². The fourth-order valence-electron chi connectivity index (χ4n) is 1.96. The number of nitrogens with zero attached hydrogens (tertiary/aromatic N) is 1. The van der Waals surface area contributed by atoms with E-state index in [1.54, 1.807) is 6.07 Å². The number of aliphatic hydroxyl groups is 1. The van der Waals surface area contributed by atoms with Gasteiger partial charge in [0, 0.05) is 24.3 Å². The molecule has 17 heavy (non-hydrogen) atoms. The van der Waals surface area contributed by atoms with Crippen LogP contribution in [0.2, 0.25) is 0 Å². The van der Waals surface area contributed by atoms with Crippen LogP contribution in [0.5, 0.6) is 0 Å². The second kappa shape index (κ2) is 5.25. The van der Waals surface area contributed by atoms with Crippen LogP contribution in [0, 0.1) is 5.82 Å². The molecular weight excluding hydrogens is 225 g/mol. The lowest BCUT2D eigenvalue weighted by atomic mass is 10.1. The Labute approximate surface area is 98.6 Å². The molecule has 1 atom stereocenters. The summed E-state index contributed by atoms with van der Waals surface area (Å²) in [4.78, 5) is 12.8. The zero-order valence-electron chi connectivity index (χ0n) is 9.30. The molecule has 1 aromatic rings. The topological polar surface area (TPSA) is 49.8 Å². The molecule has 1 N–H and O–H groups in total. The summed E-state index contributed by atoms with van der Waals surface area (Å²) in [5.74, 6) is -0.428. The third-order valence-electron chi connectivity index (χ3n) is 2.80. The van der Waals surface area contributed by atoms with E-state index in [9.17, 15) is 9.18 Å². The van der Waals surface area contributed by atoms with E-state index in [0.29, 0.717) is 37.2 Å². The van der Waals surface area contributed by atoms with E-state index in [1.165, 1.54) is 12.1 Å². The highest BCUT2D eigenvalue weighted by Crippen LogP contribution is 2.22. The number of halogens is 1. The van der Waals surface area contributed by atoms with Crippen LogP contribution in [0.1, 0.15) is 10.4 Å². The van der Waals surface area contributed by atoms with Crippen LogP contribution in [0.4, 0.5) is 10.1 Å². The number of ether oxygens (including phenoxy) is 1. The van der Waals surface area contributed by atoms with Gasteiger partial charge in [0.2, 0.25) is 0 Å². The lowest BCUT2D eigenvalue weighted by Gasteiger charge is -2.34. The summed E-state index contributed by atoms with van der Waals surface area (Å²) in [5, 5.41) is 9.05. The van der Waals surface area contributed by atoms with Gasteiger partial charge < -0.3 is 14.7 Å². The normalized spacial score (nSPS) is 20.4. The molecule has 4 nitrogen and oxygen atoms in total. The average Bonchev–Trinajstić information content (AvgIpc) is 2.38. The van der Waals surface area contributed by atoms with Crippen LogP contribution in [0.3, 0.4) is 0 Å². The summed E-state index contributed by atoms with van der Waals surface area (Å²) in [6.45, 7) is 1.56. The lowest BCUT2D eigenvalue weighted by Crippen LogP contribution is -2.44. The predicted octanol–water partition coefficient (Wildman–Crippen LogP) is 0.836. The van der Waals surface area contributed by atoms with Crippen molar-refractivity contribution >= 4 is 12.0 Å². The fourth-order valence-corrected chi connectivity index (χ4v) is 1.96. The van der Waals surface area contributed by atoms with Gasteiger partial charge in [-0.05, 0) is 18.2 Å². The fraction of sp³-hybridized carbons (Fsp3) is 0.417. The zero-order valence-corrected chi connectivity index (χ0v) is 9.30. The Morgan fingerprint density at radius 3 is 3.12 bits per heavy atom. The maximum atomic E-state index is 13.0. The minimum atomic E-state index is -0.428. The zero-order chi connectivity index (χ0) is 12.3. The maximum Gasteiger partial charge on any atom is 0.152 e. The quantitative estimate of drug-likeness (QED) is 0.794. The van der Waals surface area contributed by atoms with Crippen molar-refractivity contribution in [2.45, 2.75) is 6.10 Å². The summed E-state index contributed by atoms with van der Waals surface area (Å²) in [5.41, 5.74) is 1.01. The van der Waals surface area contributed by atoms with Crippen LogP contribution in [-0.4, -0.2) is 43.8 Å². The van der Waals surface area contributed by atoms with Crippen molar-refractivity contribution in [3.05, 3.63) is 29.6 Å². The summed E-state index contributed by atoms with van der Waals surface area (Å²) < 4.78 is 18.3. The number of aldehydes is 1. The molecule has 1 fully saturated rings. The van der Waals surface area contributed by atoms with E-state index in [4.69, 9.17) is 9.84 Å². The molecule has 0 saturated carbocycles. The third-order valence-corrected chi connectivity index (χ3v) is 2.80. The predicted molar refractivity (Wildman–Crippen MR) is 60.8 cm³/mol. The number of hydrogen-bond acceptors (Lipinski definition) is 4. The number of carbonyl (C=O) groups is 1. The molecule has 1 unspecified atom stereocenters. The van der Waals surface area contributed by atoms with Gasteiger partial charge in [-0.3, -0.25) is 4.79 Å². The molecular formula is C12H14FNO3. The highest BCUT2D eigenvalue weighted by molar-refractivity contribution is 5.84. The molecule has 2 rings (SSSR count). The smallest absolute Gasteiger partial charge is 0.152 e. The van der Waals surface area contributed by atoms with Crippen LogP contribution in [0.25, 0.3) is 0 Å². The molecule has 92 valence electrons. The van der Waals surface area contributed by atoms with Crippen LogP contribution in [0.15, 0.2) is 18.2 Å². The van der Waals surface area contributed by atoms with Crippen molar-refractivity contribution in [3.63, 3.8) is 0 Å². The van der Waals surface area contributed by atoms with Gasteiger partial charge in [-0.15, -0.1) is 0 Å². The molecule has 1 aromatic carbocycles. The first-order valence-electron chi connectivity index (χ1n) is 5.46. The van der Waals surface area contributed by atoms with Gasteiger partial charge in [-0.25, -0.2) is 4.39 Å². The van der Waals surface area contributed by atoms with Crippen molar-refractivity contribution in [2.75, 3.05) is 31.2 Å². The van der Waals surface area contributed by atoms with Gasteiger partial charge in [0.1, 0.15) is 5.82 Å². The van der Waals surface area contributed by atoms with E-state index < -0.39 is 5.82 Å². The molecule has 0 spiro atoms. The van der Waals surface area contributed by atoms with Gasteiger partial charge >= 0.3 is 0 Å². The van der Waals surface area contributed by atoms with E-state index in [0.717, 1.165) is 0 Å². The first kappa shape index (κ1) is 12.0. The Hall–Kier alpha value is -1.46. The van der Waals surface area contributed by atoms with Crippen molar-refractivity contribution < 1.29 is 19.0 Å². The van der Waals surface area contributed by atoms with Crippen LogP contribution >= 0.6 is 0 Å². The molecule has 1 saturated heterocycles. The van der Waals surface area contributed by atoms with E-state index in [2.05, 4.69) is 0 Å². The minimum absolute atomic E-state index is 0.0614. The lowest BCUT2D eigenvalue weighted by molar-refractivity contribution is 0.00354. The van der Waals surface area contributed by atoms with E-state index in [1.807, 2.05) is 4.90 Å². The van der Waals surface area contributed by atoms with Gasteiger partial charge in [0.15, 0.2) is 6.29 Å². The monoisotopic (exact) mass is 239 g/mol. The highest BCUT2D eigenvalue weighted by atomic mass is 19.1. The molecule has 1 heterocycles. The number of anilines is 1. The Morgan fingerprint density at radius 1 is 1.59 bits per heavy atom. The number of hydrogen-bond donors (Lipinski definition) is 1. The number of aliphatic hydroxyl groups excluding tert-OH is 1. The minimum Gasteiger partial charge on any atom is -0.394 e. The largest absolute Gasteiger partial charge is 0.394 e. The number of morpholine rings is 1. The molecule has 0 radical (unpaired) electrons. The number of benzene rings is 1. The highest BCUT2D eigenvalue weighted by Gasteiger charge is 2.21. The standard InChI is InChI=1S/C12H14FNO3/c13-10-1-2-12(9(5-10)7-15)14-3-4-17-11(6-14)8-16/h1-2,5,7,11,16H,3-4,6,8H2. The Kier molecular flexibility index (Phi) is 3.71. The number of rotatable bonds is 3. The Bertz CT molecular complexity index is 411. The summed E-state index contributed by atoms with van der Waals surface area (Å²) in [6, 6.07) is 4.12. The van der Waals surface area contributed by atoms with Gasteiger partial charge in [0.05, 0.1) is 19.3 Å². The van der Waals surface area contributed by atoms with Crippen LogP contribution < -0.4 is 4.90 Å². The van der Waals surface area contributed by atoms with Gasteiger partial charge in [-0.2, -0.15) is 0 Å². The molecule has 0 amide bonds. The van der Waals surface area contributed by atoms with Crippen molar-refractivity contribution in [2.24, 2.45) is 0 Å². The van der Waals surface area contributed by atoms with Crippen molar-refractivity contribution in [1.82, 2.24) is 0 Å². The molecule has 1 aliphatic rings. The molecule has 1 aliphatic heterocycles. The molecule has 0 bridgehead atoms. The van der Waals surface area contributed by atoms with Gasteiger partial charge in [-0.1, -0.05) is 0 Å². The second-order valence-electron chi connectivity index (χ2n) is 3.94. The third kappa shape index (κ3) is 2.62. The Morgan fingerprint density at radius 2 is 2.41 bits per heavy atom. The number of carbonyl (C=O) groups excluding carboxylic acids is 1. The first-order chi connectivity index (χ1) is 8.24. The van der Waals surface area contributed by atoms with Crippen LogP contribution in [-0.2, 0) is 4.74 Å². The molecule has 0 aromatic heterocycles. The Balaban J connectivity index is 2.23. The second-order valence-corrected chi connectivity index (χ2v) is 3.94.